The molecule has 2 aromatic carbocycles. The lowest BCUT2D eigenvalue weighted by molar-refractivity contribution is -0.258. The van der Waals surface area contributed by atoms with E-state index in [1.54, 1.807) is 24.3 Å². The van der Waals surface area contributed by atoms with E-state index in [1.807, 2.05) is 17.0 Å². The highest BCUT2D eigenvalue weighted by Crippen LogP contribution is 2.62. The maximum Gasteiger partial charge on any atom is 0.239 e. The molecule has 2 aliphatic heterocycles. The second kappa shape index (κ2) is 21.9. The van der Waals surface area contributed by atoms with Crippen LogP contribution in [0.3, 0.4) is 0 Å². The Labute approximate surface area is 361 Å². The normalized spacial score (nSPS) is 27.7. The van der Waals surface area contributed by atoms with Crippen molar-refractivity contribution in [2.24, 2.45) is 28.8 Å². The van der Waals surface area contributed by atoms with Crippen molar-refractivity contribution in [1.82, 2.24) is 4.90 Å². The summed E-state index contributed by atoms with van der Waals surface area (Å²) in [7, 11) is 0. The number of nitrogens with zero attached hydrogens (tertiary/aromatic N) is 2. The number of fused-ring (bicyclic) bond motifs is 2. The summed E-state index contributed by atoms with van der Waals surface area (Å²) in [6.07, 6.45) is 18.8. The molecule has 2 N–H and O–H groups in total. The van der Waals surface area contributed by atoms with Crippen LogP contribution in [0, 0.1) is 29.5 Å². The molecule has 0 aromatic heterocycles. The summed E-state index contributed by atoms with van der Waals surface area (Å²) in [5, 5.41) is 24.9. The Morgan fingerprint density at radius 2 is 1.69 bits per heavy atom. The molecule has 7 unspecified atom stereocenters. The van der Waals surface area contributed by atoms with E-state index in [0.29, 0.717) is 49.9 Å². The number of hydrogen-bond acceptors (Lipinski definition) is 9. The first kappa shape index (κ1) is 45.0. The quantitative estimate of drug-likeness (QED) is 0.0684. The number of hydrogen-bond donors (Lipinski definition) is 2. The van der Waals surface area contributed by atoms with Crippen molar-refractivity contribution in [3.8, 4) is 11.5 Å². The van der Waals surface area contributed by atoms with Crippen molar-refractivity contribution in [3.05, 3.63) is 96.4 Å². The van der Waals surface area contributed by atoms with Gasteiger partial charge in [-0.1, -0.05) is 80.6 Å². The molecule has 2 heterocycles. The summed E-state index contributed by atoms with van der Waals surface area (Å²) >= 11 is 0. The van der Waals surface area contributed by atoms with Crippen LogP contribution in [0.5, 0.6) is 11.5 Å². The molecular weight excluding hydrogens is 776 g/mol. The van der Waals surface area contributed by atoms with Gasteiger partial charge in [0.15, 0.2) is 0 Å². The lowest BCUT2D eigenvalue weighted by atomic mass is 9.55. The van der Waals surface area contributed by atoms with E-state index >= 15 is 4.79 Å². The number of halogens is 1. The molecule has 10 nitrogen and oxygen atoms in total. The largest absolute Gasteiger partial charge is 0.490 e. The van der Waals surface area contributed by atoms with E-state index in [2.05, 4.69) is 25.3 Å². The van der Waals surface area contributed by atoms with Crippen LogP contribution in [0.4, 0.5) is 4.39 Å². The number of carbonyl (C=O) groups is 1. The van der Waals surface area contributed by atoms with Gasteiger partial charge in [0, 0.05) is 50.5 Å². The Hall–Kier alpha value is -4.03. The van der Waals surface area contributed by atoms with Gasteiger partial charge in [-0.25, -0.2) is 4.39 Å². The molecule has 1 saturated heterocycles. The number of rotatable bonds is 22. The molecule has 0 radical (unpaired) electrons. The van der Waals surface area contributed by atoms with Gasteiger partial charge in [-0.2, -0.15) is 0 Å². The zero-order valence-corrected chi connectivity index (χ0v) is 35.9. The fraction of sp³-hybridized carbons (Fsp3) is 0.600. The van der Waals surface area contributed by atoms with Crippen molar-refractivity contribution in [2.45, 2.75) is 133 Å². The van der Waals surface area contributed by atoms with E-state index in [9.17, 15) is 14.6 Å². The number of ether oxygens (including phenoxy) is 4. The van der Waals surface area contributed by atoms with Crippen LogP contribution in [0.15, 0.2) is 84.6 Å². The lowest BCUT2D eigenvalue weighted by Gasteiger charge is -2.60. The van der Waals surface area contributed by atoms with E-state index < -0.39 is 24.0 Å². The smallest absolute Gasteiger partial charge is 0.239 e. The summed E-state index contributed by atoms with van der Waals surface area (Å²) in [5.74, 6) is -0.338. The topological polar surface area (TPSA) is 119 Å². The molecule has 0 spiro atoms. The molecule has 7 atom stereocenters. The van der Waals surface area contributed by atoms with Gasteiger partial charge in [0.2, 0.25) is 18.0 Å². The first-order valence-electron chi connectivity index (χ1n) is 23.0. The van der Waals surface area contributed by atoms with Crippen molar-refractivity contribution in [1.29, 1.82) is 0 Å². The number of unbranched alkanes of at least 4 members (excludes halogenated alkanes) is 2. The highest BCUT2D eigenvalue weighted by molar-refractivity contribution is 6.03. The van der Waals surface area contributed by atoms with Gasteiger partial charge in [-0.05, 0) is 104 Å². The molecule has 332 valence electrons. The van der Waals surface area contributed by atoms with Gasteiger partial charge in [0.25, 0.3) is 0 Å². The van der Waals surface area contributed by atoms with Gasteiger partial charge in [0.05, 0.1) is 24.8 Å². The summed E-state index contributed by atoms with van der Waals surface area (Å²) in [6.45, 7) is 9.49. The molecule has 3 fully saturated rings. The third-order valence-corrected chi connectivity index (χ3v) is 13.6. The van der Waals surface area contributed by atoms with E-state index in [1.165, 1.54) is 25.0 Å². The molecule has 7 rings (SSSR count). The minimum absolute atomic E-state index is 0.0116. The summed E-state index contributed by atoms with van der Waals surface area (Å²) in [4.78, 5) is 23.3. The summed E-state index contributed by atoms with van der Waals surface area (Å²) < 4.78 is 41.1. The Morgan fingerprint density at radius 1 is 0.934 bits per heavy atom. The van der Waals surface area contributed by atoms with Crippen molar-refractivity contribution in [2.75, 3.05) is 33.0 Å². The minimum atomic E-state index is -1.39. The zero-order chi connectivity index (χ0) is 42.6. The van der Waals surface area contributed by atoms with Crippen LogP contribution >= 0.6 is 0 Å². The standard InChI is InChI=1S/C50H67FN2O8/c1-3-28-57-39-23-24-44-42(32-39)48-40(16-8-11-27-55)37(15-7-10-26-54)31-41-43(52-61-47-17-9-12-30-58-47)33-45(50(60-44,49(41)48)59-29-4-2)53(34-36-18-21-38(51)22-19-36)46(56)25-20-35-13-5-6-14-35/h3-4,18-19,21-24,31-32,35,37,40,45,47-49,54-55H,1-2,5-17,20,25-30,33-34H2. The lowest BCUT2D eigenvalue weighted by Crippen LogP contribution is -2.70. The van der Waals surface area contributed by atoms with Crippen LogP contribution in [0.1, 0.15) is 120 Å². The van der Waals surface area contributed by atoms with Crippen molar-refractivity contribution >= 4 is 11.6 Å². The zero-order valence-electron chi connectivity index (χ0n) is 35.9. The monoisotopic (exact) mass is 842 g/mol. The van der Waals surface area contributed by atoms with E-state index in [-0.39, 0.29) is 62.3 Å². The highest BCUT2D eigenvalue weighted by atomic mass is 19.1. The van der Waals surface area contributed by atoms with E-state index in [4.69, 9.17) is 28.9 Å². The SMILES string of the molecule is C=CCOc1ccc2c(c1)C1C(CCCCO)C(CCCCO)C=C3C(=NOC4CCCCO4)CC(N(Cc4ccc(F)cc4)C(=O)CCC4CCCC4)C(OCC=C)(O2)C31. The highest BCUT2D eigenvalue weighted by Gasteiger charge is 2.65. The third-order valence-electron chi connectivity index (χ3n) is 13.6. The number of aliphatic hydroxyl groups excluding tert-OH is 2. The summed E-state index contributed by atoms with van der Waals surface area (Å²) in [6, 6.07) is 11.7. The van der Waals surface area contributed by atoms with Crippen LogP contribution in [0.25, 0.3) is 0 Å². The van der Waals surface area contributed by atoms with Gasteiger partial charge >= 0.3 is 0 Å². The molecule has 11 heteroatoms. The Kier molecular flexibility index (Phi) is 16.1. The molecule has 2 aromatic rings. The number of carbonyl (C=O) groups excluding carboxylic acids is 1. The van der Waals surface area contributed by atoms with Crippen molar-refractivity contribution in [3.63, 3.8) is 0 Å². The van der Waals surface area contributed by atoms with Crippen LogP contribution < -0.4 is 9.47 Å². The van der Waals surface area contributed by atoms with Crippen LogP contribution in [-0.4, -0.2) is 77.9 Å². The van der Waals surface area contributed by atoms with Gasteiger partial charge in [-0.15, -0.1) is 6.58 Å². The summed E-state index contributed by atoms with van der Waals surface area (Å²) in [5.41, 5.74) is 3.49. The maximum atomic E-state index is 15.1. The Balaban J connectivity index is 1.43. The number of allylic oxidation sites excluding steroid dienone is 1. The molecule has 2 saturated carbocycles. The average molecular weight is 843 g/mol. The Bertz CT molecular complexity index is 1820. The second-order valence-electron chi connectivity index (χ2n) is 17.6. The first-order chi connectivity index (χ1) is 29.9. The maximum absolute atomic E-state index is 15.1. The van der Waals surface area contributed by atoms with Gasteiger partial charge in [-0.3, -0.25) is 4.79 Å². The molecular formula is C50H67FN2O8. The van der Waals surface area contributed by atoms with Crippen LogP contribution in [-0.2, 0) is 25.7 Å². The minimum Gasteiger partial charge on any atom is -0.490 e. The Morgan fingerprint density at radius 3 is 2.41 bits per heavy atom. The molecule has 5 aliphatic rings. The molecule has 3 aliphatic carbocycles. The number of aliphatic hydroxyl groups is 2. The average Bonchev–Trinajstić information content (AvgIpc) is 3.81. The first-order valence-corrected chi connectivity index (χ1v) is 23.0. The fourth-order valence-corrected chi connectivity index (χ4v) is 10.7. The van der Waals surface area contributed by atoms with Gasteiger partial charge < -0.3 is 38.9 Å². The van der Waals surface area contributed by atoms with Gasteiger partial charge in [0.1, 0.15) is 30.0 Å². The van der Waals surface area contributed by atoms with Crippen LogP contribution in [0.2, 0.25) is 0 Å². The number of amides is 1. The fourth-order valence-electron chi connectivity index (χ4n) is 10.7. The predicted octanol–water partition coefficient (Wildman–Crippen LogP) is 9.55. The second-order valence-corrected chi connectivity index (χ2v) is 17.6. The number of benzene rings is 2. The molecule has 61 heavy (non-hydrogen) atoms. The molecule has 0 bridgehead atoms. The van der Waals surface area contributed by atoms with Crippen molar-refractivity contribution < 1.29 is 43.2 Å². The third kappa shape index (κ3) is 10.6. The predicted molar refractivity (Wildman–Crippen MR) is 233 cm³/mol. The number of oxime groups is 1. The van der Waals surface area contributed by atoms with E-state index in [0.717, 1.165) is 86.6 Å². The molecule has 1 amide bonds.